The van der Waals surface area contributed by atoms with Crippen molar-refractivity contribution in [1.29, 1.82) is 0 Å². The van der Waals surface area contributed by atoms with Crippen molar-refractivity contribution in [2.75, 3.05) is 19.5 Å². The SMILES string of the molecule is CCCn1c(-c2ccc(OCC3COC(Cn4cncn4)(c4ccc(Cl)cc4Cl)O3)cc2)cnc1SC.O=[N+]([O-])O. The molecule has 12 nitrogen and oxygen atoms in total. The van der Waals surface area contributed by atoms with E-state index in [0.29, 0.717) is 28.8 Å². The van der Waals surface area contributed by atoms with Crippen molar-refractivity contribution < 1.29 is 24.5 Å². The van der Waals surface area contributed by atoms with Crippen molar-refractivity contribution in [3.63, 3.8) is 0 Å². The number of aromatic nitrogens is 5. The van der Waals surface area contributed by atoms with Gasteiger partial charge in [-0.15, -0.1) is 10.1 Å². The number of hydrogen-bond acceptors (Lipinski definition) is 9. The lowest BCUT2D eigenvalue weighted by molar-refractivity contribution is -0.742. The molecule has 1 aliphatic rings. The lowest BCUT2D eigenvalue weighted by atomic mass is 10.1. The van der Waals surface area contributed by atoms with Gasteiger partial charge in [-0.05, 0) is 49.1 Å². The summed E-state index contributed by atoms with van der Waals surface area (Å²) >= 11 is 14.3. The number of thioether (sulfide) groups is 1. The summed E-state index contributed by atoms with van der Waals surface area (Å²) in [6.07, 6.45) is 7.78. The van der Waals surface area contributed by atoms with Gasteiger partial charge in [0.1, 0.15) is 37.7 Å². The van der Waals surface area contributed by atoms with Crippen LogP contribution in [0.1, 0.15) is 18.9 Å². The Morgan fingerprint density at radius 1 is 1.27 bits per heavy atom. The molecular weight excluding hydrogens is 595 g/mol. The van der Waals surface area contributed by atoms with Crippen LogP contribution in [0.4, 0.5) is 0 Å². The van der Waals surface area contributed by atoms with E-state index in [4.69, 9.17) is 52.7 Å². The highest BCUT2D eigenvalue weighted by atomic mass is 35.5. The molecule has 2 aromatic carbocycles. The van der Waals surface area contributed by atoms with Gasteiger partial charge < -0.3 is 24.0 Å². The topological polar surface area (TPSA) is 140 Å². The Morgan fingerprint density at radius 3 is 2.66 bits per heavy atom. The number of rotatable bonds is 10. The molecule has 218 valence electrons. The summed E-state index contributed by atoms with van der Waals surface area (Å²) in [6, 6.07) is 13.3. The van der Waals surface area contributed by atoms with Crippen LogP contribution in [-0.4, -0.2) is 60.2 Å². The fourth-order valence-electron chi connectivity index (χ4n) is 4.39. The van der Waals surface area contributed by atoms with E-state index in [-0.39, 0.29) is 12.6 Å². The van der Waals surface area contributed by atoms with E-state index in [9.17, 15) is 0 Å². The van der Waals surface area contributed by atoms with Gasteiger partial charge >= 0.3 is 0 Å². The highest BCUT2D eigenvalue weighted by molar-refractivity contribution is 7.98. The largest absolute Gasteiger partial charge is 0.491 e. The zero-order valence-electron chi connectivity index (χ0n) is 22.2. The van der Waals surface area contributed by atoms with E-state index < -0.39 is 10.9 Å². The lowest BCUT2D eigenvalue weighted by Crippen LogP contribution is -2.35. The van der Waals surface area contributed by atoms with Crippen LogP contribution in [0, 0.1) is 10.1 Å². The van der Waals surface area contributed by atoms with E-state index >= 15 is 0 Å². The molecule has 5 rings (SSSR count). The Balaban J connectivity index is 0.000000909. The Labute approximate surface area is 250 Å². The number of nitrogens with zero attached hydrogens (tertiary/aromatic N) is 6. The van der Waals surface area contributed by atoms with E-state index in [1.54, 1.807) is 34.9 Å². The Kier molecular flexibility index (Phi) is 10.5. The number of hydrogen-bond donors (Lipinski definition) is 1. The molecule has 1 saturated heterocycles. The van der Waals surface area contributed by atoms with Crippen LogP contribution in [0.15, 0.2) is 66.5 Å². The zero-order valence-corrected chi connectivity index (χ0v) is 24.6. The second kappa shape index (κ2) is 14.0. The van der Waals surface area contributed by atoms with Crippen LogP contribution >= 0.6 is 35.0 Å². The van der Waals surface area contributed by atoms with Gasteiger partial charge in [0.15, 0.2) is 5.16 Å². The van der Waals surface area contributed by atoms with Gasteiger partial charge in [0, 0.05) is 22.7 Å². The molecule has 0 radical (unpaired) electrons. The molecule has 2 atom stereocenters. The predicted molar refractivity (Wildman–Crippen MR) is 153 cm³/mol. The standard InChI is InChI=1S/C26H27Cl2N5O3S.HNO3/c1-3-10-33-24(12-30-25(33)37-2)18-4-7-20(8-5-18)34-13-21-14-35-26(36-21,15-32-17-29-16-31-32)22-9-6-19(27)11-23(22)28;2-1(3)4/h4-9,11-12,16-17,21H,3,10,13-15H2,1-2H3;(H,2,3,4). The number of imidazole rings is 1. The minimum atomic E-state index is -1.50. The molecule has 2 unspecified atom stereocenters. The average molecular weight is 624 g/mol. The van der Waals surface area contributed by atoms with Crippen molar-refractivity contribution in [2.45, 2.75) is 43.5 Å². The third-order valence-corrected chi connectivity index (χ3v) is 7.31. The van der Waals surface area contributed by atoms with Gasteiger partial charge in [0.05, 0.1) is 23.5 Å². The molecule has 0 bridgehead atoms. The summed E-state index contributed by atoms with van der Waals surface area (Å²) < 4.78 is 22.6. The highest BCUT2D eigenvalue weighted by Crippen LogP contribution is 2.40. The van der Waals surface area contributed by atoms with E-state index in [2.05, 4.69) is 38.7 Å². The minimum absolute atomic E-state index is 0.281. The normalized spacial score (nSPS) is 18.1. The maximum Gasteiger partial charge on any atom is 0.291 e. The first-order valence-corrected chi connectivity index (χ1v) is 14.5. The Bertz CT molecular complexity index is 1440. The summed E-state index contributed by atoms with van der Waals surface area (Å²) in [5.74, 6) is -0.391. The maximum atomic E-state index is 8.36. The highest BCUT2D eigenvalue weighted by Gasteiger charge is 2.45. The molecule has 1 N–H and O–H groups in total. The monoisotopic (exact) mass is 622 g/mol. The molecule has 1 aliphatic heterocycles. The van der Waals surface area contributed by atoms with Crippen molar-refractivity contribution in [3.8, 4) is 17.0 Å². The molecule has 1 fully saturated rings. The molecule has 0 spiro atoms. The summed E-state index contributed by atoms with van der Waals surface area (Å²) in [5, 5.41) is 19.9. The van der Waals surface area contributed by atoms with E-state index in [1.165, 1.54) is 6.33 Å². The van der Waals surface area contributed by atoms with Gasteiger partial charge in [0.2, 0.25) is 5.79 Å². The van der Waals surface area contributed by atoms with Crippen LogP contribution < -0.4 is 4.74 Å². The fourth-order valence-corrected chi connectivity index (χ4v) is 5.51. The van der Waals surface area contributed by atoms with Gasteiger partial charge in [-0.3, -0.25) is 0 Å². The molecule has 3 heterocycles. The van der Waals surface area contributed by atoms with Gasteiger partial charge in [0.25, 0.3) is 5.09 Å². The van der Waals surface area contributed by atoms with E-state index in [1.807, 2.05) is 30.7 Å². The zero-order chi connectivity index (χ0) is 29.4. The molecule has 4 aromatic rings. The van der Waals surface area contributed by atoms with Gasteiger partial charge in [-0.25, -0.2) is 14.6 Å². The summed E-state index contributed by atoms with van der Waals surface area (Å²) in [5.41, 5.74) is 2.87. The lowest BCUT2D eigenvalue weighted by Gasteiger charge is -2.29. The number of ether oxygens (including phenoxy) is 3. The van der Waals surface area contributed by atoms with Crippen LogP contribution in [0.25, 0.3) is 11.3 Å². The number of halogens is 2. The minimum Gasteiger partial charge on any atom is -0.491 e. The van der Waals surface area contributed by atoms with Gasteiger partial charge in [-0.1, -0.05) is 48.0 Å². The van der Waals surface area contributed by atoms with E-state index in [0.717, 1.165) is 35.1 Å². The quantitative estimate of drug-likeness (QED) is 0.135. The first-order valence-electron chi connectivity index (χ1n) is 12.5. The van der Waals surface area contributed by atoms with Crippen molar-refractivity contribution in [2.24, 2.45) is 0 Å². The molecule has 0 aliphatic carbocycles. The first kappa shape index (κ1) is 30.6. The summed E-state index contributed by atoms with van der Waals surface area (Å²) in [4.78, 5) is 16.9. The molecule has 2 aromatic heterocycles. The summed E-state index contributed by atoms with van der Waals surface area (Å²) in [6.45, 7) is 4.02. The maximum absolute atomic E-state index is 8.36. The van der Waals surface area contributed by atoms with Crippen molar-refractivity contribution >= 4 is 35.0 Å². The molecular formula is C26H28Cl2N6O6S. The van der Waals surface area contributed by atoms with Crippen LogP contribution in [-0.2, 0) is 28.4 Å². The third-order valence-electron chi connectivity index (χ3n) is 6.07. The second-order valence-electron chi connectivity index (χ2n) is 8.88. The molecule has 0 amide bonds. The Morgan fingerprint density at radius 2 is 2.02 bits per heavy atom. The molecule has 15 heteroatoms. The molecule has 0 saturated carbocycles. The van der Waals surface area contributed by atoms with Crippen LogP contribution in [0.5, 0.6) is 5.75 Å². The molecule has 41 heavy (non-hydrogen) atoms. The van der Waals surface area contributed by atoms with Crippen molar-refractivity contribution in [1.82, 2.24) is 24.3 Å². The predicted octanol–water partition coefficient (Wildman–Crippen LogP) is 5.58. The second-order valence-corrected chi connectivity index (χ2v) is 10.5. The third kappa shape index (κ3) is 7.68. The smallest absolute Gasteiger partial charge is 0.291 e. The van der Waals surface area contributed by atoms with Crippen LogP contribution in [0.3, 0.4) is 0 Å². The fraction of sp³-hybridized carbons (Fsp3) is 0.346. The summed E-state index contributed by atoms with van der Waals surface area (Å²) in [7, 11) is 0. The first-order chi connectivity index (χ1) is 19.7. The van der Waals surface area contributed by atoms with Crippen molar-refractivity contribution in [3.05, 3.63) is 87.0 Å². The van der Waals surface area contributed by atoms with Crippen LogP contribution in [0.2, 0.25) is 10.0 Å². The average Bonchev–Trinajstić information content (AvgIpc) is 3.69. The Hall–Kier alpha value is -3.36. The van der Waals surface area contributed by atoms with Gasteiger partial charge in [-0.2, -0.15) is 5.10 Å². The number of benzene rings is 2.